The third kappa shape index (κ3) is 9.78. The maximum atomic E-state index is 14.6. The summed E-state index contributed by atoms with van der Waals surface area (Å²) in [6.45, 7) is 3.55. The summed E-state index contributed by atoms with van der Waals surface area (Å²) in [5, 5.41) is 15.8. The van der Waals surface area contributed by atoms with Gasteiger partial charge in [0.1, 0.15) is 23.9 Å². The van der Waals surface area contributed by atoms with Crippen molar-refractivity contribution in [1.29, 1.82) is 0 Å². The van der Waals surface area contributed by atoms with E-state index in [0.717, 1.165) is 89.3 Å². The number of hydrogen-bond acceptors (Lipinski definition) is 6. The first kappa shape index (κ1) is 44.5. The second kappa shape index (κ2) is 17.1. The number of nitrogens with one attached hydrogen (secondary N) is 2. The van der Waals surface area contributed by atoms with Crippen molar-refractivity contribution < 1.29 is 55.4 Å². The van der Waals surface area contributed by atoms with Crippen LogP contribution in [0, 0.1) is 16.2 Å². The number of nitrogens with zero attached hydrogens (tertiary/aromatic N) is 2. The monoisotopic (exact) mass is 838 g/mol. The fourth-order valence-corrected chi connectivity index (χ4v) is 10.1. The summed E-state index contributed by atoms with van der Waals surface area (Å²) in [6, 6.07) is 0.533. The highest BCUT2D eigenvalue weighted by Crippen LogP contribution is 2.47. The van der Waals surface area contributed by atoms with Crippen LogP contribution >= 0.6 is 0 Å². The number of halogens is 6. The van der Waals surface area contributed by atoms with E-state index in [2.05, 4.69) is 10.6 Å². The highest BCUT2D eigenvalue weighted by Gasteiger charge is 2.51. The summed E-state index contributed by atoms with van der Waals surface area (Å²) in [4.78, 5) is 56.9. The lowest BCUT2D eigenvalue weighted by Gasteiger charge is -2.36. The molecule has 16 heteroatoms. The van der Waals surface area contributed by atoms with Gasteiger partial charge in [0.2, 0.25) is 23.6 Å². The molecule has 3 aliphatic carbocycles. The molecule has 1 aromatic carbocycles. The van der Waals surface area contributed by atoms with Crippen LogP contribution in [0.2, 0.25) is 0 Å². The molecule has 5 atom stereocenters. The summed E-state index contributed by atoms with van der Waals surface area (Å²) in [5.74, 6) is -2.36. The SMILES string of the molecule is C[C@@H](O)[C@@H](C(=O)NCc1ccc(O[C@H](C)[C@@H](C(=O)NCC2=CC(C)(C(F)(F)F)CC=C2)N2CC3(CCCCC3)CC2=O)cc1C(F)(F)F)N1CC2(CCCCC2)CC1=O. The molecular formula is C43H56F6N4O6. The largest absolute Gasteiger partial charge is 0.488 e. The number of benzene rings is 1. The minimum Gasteiger partial charge on any atom is -0.488 e. The van der Waals surface area contributed by atoms with E-state index in [0.29, 0.717) is 6.54 Å². The number of carbonyl (C=O) groups excluding carboxylic acids is 4. The Hall–Kier alpha value is -4.08. The van der Waals surface area contributed by atoms with Crippen molar-refractivity contribution in [3.8, 4) is 5.75 Å². The molecule has 0 radical (unpaired) electrons. The smallest absolute Gasteiger partial charge is 0.416 e. The van der Waals surface area contributed by atoms with Crippen LogP contribution in [0.15, 0.2) is 42.0 Å². The number of alkyl halides is 6. The number of carbonyl (C=O) groups is 4. The van der Waals surface area contributed by atoms with Crippen molar-refractivity contribution in [1.82, 2.24) is 20.4 Å². The second-order valence-electron chi connectivity index (χ2n) is 18.0. The first-order valence-corrected chi connectivity index (χ1v) is 20.8. The first-order chi connectivity index (χ1) is 27.6. The minimum atomic E-state index is -4.91. The van der Waals surface area contributed by atoms with Gasteiger partial charge in [-0.25, -0.2) is 0 Å². The molecule has 1 aromatic rings. The van der Waals surface area contributed by atoms with E-state index in [1.807, 2.05) is 0 Å². The molecule has 4 amide bonds. The normalized spacial score (nSPS) is 25.2. The van der Waals surface area contributed by atoms with Gasteiger partial charge in [-0.2, -0.15) is 26.3 Å². The van der Waals surface area contributed by atoms with Crippen molar-refractivity contribution >= 4 is 23.6 Å². The summed E-state index contributed by atoms with van der Waals surface area (Å²) in [5.41, 5.74) is -4.00. The van der Waals surface area contributed by atoms with Gasteiger partial charge in [0.05, 0.1) is 17.1 Å². The van der Waals surface area contributed by atoms with Crippen LogP contribution in [0.25, 0.3) is 0 Å². The van der Waals surface area contributed by atoms with Crippen molar-refractivity contribution in [2.45, 2.75) is 147 Å². The van der Waals surface area contributed by atoms with Gasteiger partial charge in [-0.05, 0) is 87.0 Å². The van der Waals surface area contributed by atoms with Crippen molar-refractivity contribution in [3.63, 3.8) is 0 Å². The molecule has 3 N–H and O–H groups in total. The maximum absolute atomic E-state index is 14.6. The van der Waals surface area contributed by atoms with Crippen molar-refractivity contribution in [3.05, 3.63) is 53.1 Å². The fraction of sp³-hybridized carbons (Fsp3) is 0.674. The van der Waals surface area contributed by atoms with Gasteiger partial charge in [-0.3, -0.25) is 19.2 Å². The highest BCUT2D eigenvalue weighted by molar-refractivity contribution is 5.90. The lowest BCUT2D eigenvalue weighted by molar-refractivity contribution is -0.199. The van der Waals surface area contributed by atoms with E-state index in [9.17, 15) is 50.6 Å². The molecule has 5 aliphatic rings. The van der Waals surface area contributed by atoms with Gasteiger partial charge in [0.15, 0.2) is 0 Å². The number of amides is 4. The zero-order valence-electron chi connectivity index (χ0n) is 33.9. The van der Waals surface area contributed by atoms with Crippen LogP contribution < -0.4 is 15.4 Å². The highest BCUT2D eigenvalue weighted by atomic mass is 19.4. The van der Waals surface area contributed by atoms with E-state index >= 15 is 0 Å². The van der Waals surface area contributed by atoms with Gasteiger partial charge >= 0.3 is 12.4 Å². The van der Waals surface area contributed by atoms with Crippen LogP contribution in [0.5, 0.6) is 5.75 Å². The molecule has 2 saturated heterocycles. The topological polar surface area (TPSA) is 128 Å². The Labute approximate surface area is 341 Å². The Morgan fingerprint density at radius 3 is 1.86 bits per heavy atom. The Morgan fingerprint density at radius 1 is 0.814 bits per heavy atom. The number of ether oxygens (including phenoxy) is 1. The molecule has 0 aromatic heterocycles. The molecule has 6 rings (SSSR count). The van der Waals surface area contributed by atoms with Gasteiger partial charge in [-0.1, -0.05) is 62.8 Å². The van der Waals surface area contributed by atoms with E-state index in [4.69, 9.17) is 4.74 Å². The molecule has 4 fully saturated rings. The molecule has 326 valence electrons. The van der Waals surface area contributed by atoms with Crippen LogP contribution in [0.4, 0.5) is 26.3 Å². The standard InChI is InChI=1S/C43H56F6N4O6/c1-27(54)35(52-25-40(21-33(52)55)15-6-4-7-16-40)37(57)51-24-30-12-13-31(19-32(30)42(44,45)46)59-28(2)36(53-26-41(22-34(53)56)17-8-5-9-18-41)38(58)50-23-29-11-10-14-39(3,20-29)43(47,48)49/h10-13,19-20,27-28,35-36,54H,4-9,14-18,21-26H2,1-3H3,(H,50,58)(H,51,57)/t27-,28-,35+,36+,39?/m1/s1. The van der Waals surface area contributed by atoms with E-state index in [1.54, 1.807) is 0 Å². The average molecular weight is 839 g/mol. The number of likely N-dealkylation sites (tertiary alicyclic amines) is 2. The van der Waals surface area contributed by atoms with Gasteiger partial charge < -0.3 is 30.3 Å². The molecule has 2 heterocycles. The Balaban J connectivity index is 1.19. The third-order valence-corrected chi connectivity index (χ3v) is 13.3. The molecule has 0 bridgehead atoms. The third-order valence-electron chi connectivity index (χ3n) is 13.3. The lowest BCUT2D eigenvalue weighted by atomic mass is 9.73. The quantitative estimate of drug-likeness (QED) is 0.192. The predicted octanol–water partition coefficient (Wildman–Crippen LogP) is 7.14. The molecule has 1 unspecified atom stereocenters. The number of allylic oxidation sites excluding steroid dienone is 2. The van der Waals surface area contributed by atoms with Gasteiger partial charge in [-0.15, -0.1) is 0 Å². The zero-order chi connectivity index (χ0) is 43.0. The second-order valence-corrected chi connectivity index (χ2v) is 18.0. The van der Waals surface area contributed by atoms with Crippen molar-refractivity contribution in [2.24, 2.45) is 16.2 Å². The summed E-state index contributed by atoms with van der Waals surface area (Å²) >= 11 is 0. The van der Waals surface area contributed by atoms with Crippen molar-refractivity contribution in [2.75, 3.05) is 19.6 Å². The molecule has 10 nitrogen and oxygen atoms in total. The van der Waals surface area contributed by atoms with Crippen LogP contribution in [0.3, 0.4) is 0 Å². The number of aliphatic hydroxyl groups is 1. The summed E-state index contributed by atoms with van der Waals surface area (Å²) < 4.78 is 91.3. The number of hydrogen-bond donors (Lipinski definition) is 3. The van der Waals surface area contributed by atoms with Crippen LogP contribution in [0.1, 0.15) is 115 Å². The maximum Gasteiger partial charge on any atom is 0.416 e. The Kier molecular flexibility index (Phi) is 12.9. The molecular weight excluding hydrogens is 782 g/mol. The number of aliphatic hydroxyl groups excluding tert-OH is 1. The van der Waals surface area contributed by atoms with Gasteiger partial charge in [0, 0.05) is 39.0 Å². The average Bonchev–Trinajstić information content (AvgIpc) is 3.63. The Bertz CT molecular complexity index is 1820. The minimum absolute atomic E-state index is 0.197. The van der Waals surface area contributed by atoms with E-state index in [1.165, 1.54) is 41.9 Å². The van der Waals surface area contributed by atoms with E-state index in [-0.39, 0.29) is 71.9 Å². The van der Waals surface area contributed by atoms with Crippen LogP contribution in [-0.2, 0) is 31.9 Å². The first-order valence-electron chi connectivity index (χ1n) is 20.8. The zero-order valence-corrected chi connectivity index (χ0v) is 33.9. The molecule has 2 aliphatic heterocycles. The molecule has 2 saturated carbocycles. The molecule has 2 spiro atoms. The number of rotatable bonds is 12. The summed E-state index contributed by atoms with van der Waals surface area (Å²) in [7, 11) is 0. The van der Waals surface area contributed by atoms with E-state index < -0.39 is 66.0 Å². The Morgan fingerprint density at radius 2 is 1.34 bits per heavy atom. The molecule has 59 heavy (non-hydrogen) atoms. The van der Waals surface area contributed by atoms with Crippen LogP contribution in [-0.4, -0.2) is 88.6 Å². The fourth-order valence-electron chi connectivity index (χ4n) is 10.1. The van der Waals surface area contributed by atoms with Gasteiger partial charge in [0.25, 0.3) is 0 Å². The lowest BCUT2D eigenvalue weighted by Crippen LogP contribution is -2.55. The summed E-state index contributed by atoms with van der Waals surface area (Å²) in [6.07, 6.45) is 1.21. The predicted molar refractivity (Wildman–Crippen MR) is 205 cm³/mol.